The number of anilines is 2. The lowest BCUT2D eigenvalue weighted by molar-refractivity contribution is 0.0997. The second kappa shape index (κ2) is 4.80. The van der Waals surface area contributed by atoms with Gasteiger partial charge in [0.1, 0.15) is 5.52 Å². The molecule has 4 rings (SSSR count). The Labute approximate surface area is 128 Å². The Hall–Kier alpha value is -3.42. The largest absolute Gasteiger partial charge is 0.423 e. The molecule has 0 aliphatic carbocycles. The standard InChI is InChI=1S/C15H10FN5O2/c16-9-2-1-3-11-13(9)19-15(23-11)18-7-4-5-10-8(6-7)12(14(17)22)21-20-10/h1-6H,(H2,17,22)(H,18,19)(H,20,21). The van der Waals surface area contributed by atoms with E-state index in [2.05, 4.69) is 20.5 Å². The van der Waals surface area contributed by atoms with Crippen LogP contribution in [-0.2, 0) is 0 Å². The Morgan fingerprint density at radius 3 is 2.96 bits per heavy atom. The molecule has 0 saturated carbocycles. The summed E-state index contributed by atoms with van der Waals surface area (Å²) in [6, 6.07) is 9.80. The first-order valence-electron chi connectivity index (χ1n) is 6.72. The monoisotopic (exact) mass is 311 g/mol. The number of amides is 1. The molecule has 0 aliphatic rings. The number of oxazole rings is 1. The van der Waals surface area contributed by atoms with Gasteiger partial charge in [0.05, 0.1) is 5.52 Å². The summed E-state index contributed by atoms with van der Waals surface area (Å²) in [5.41, 5.74) is 7.20. The number of hydrogen-bond donors (Lipinski definition) is 3. The number of halogens is 1. The first-order valence-corrected chi connectivity index (χ1v) is 6.72. The van der Waals surface area contributed by atoms with Crippen LogP contribution in [-0.4, -0.2) is 21.1 Å². The van der Waals surface area contributed by atoms with Crippen LogP contribution in [0.1, 0.15) is 10.5 Å². The van der Waals surface area contributed by atoms with Gasteiger partial charge in [0.25, 0.3) is 11.9 Å². The Morgan fingerprint density at radius 2 is 2.17 bits per heavy atom. The molecule has 8 heteroatoms. The molecular formula is C15H10FN5O2. The summed E-state index contributed by atoms with van der Waals surface area (Å²) < 4.78 is 19.1. The second-order valence-electron chi connectivity index (χ2n) is 4.93. The number of H-pyrrole nitrogens is 1. The zero-order chi connectivity index (χ0) is 16.0. The van der Waals surface area contributed by atoms with E-state index in [1.165, 1.54) is 6.07 Å². The molecule has 0 spiro atoms. The Kier molecular flexibility index (Phi) is 2.77. The van der Waals surface area contributed by atoms with Gasteiger partial charge in [0.2, 0.25) is 0 Å². The molecule has 2 aromatic heterocycles. The van der Waals surface area contributed by atoms with Crippen LogP contribution in [0.5, 0.6) is 0 Å². The highest BCUT2D eigenvalue weighted by Crippen LogP contribution is 2.26. The van der Waals surface area contributed by atoms with Crippen LogP contribution in [0, 0.1) is 5.82 Å². The molecule has 4 aromatic rings. The van der Waals surface area contributed by atoms with Crippen molar-refractivity contribution >= 4 is 39.6 Å². The van der Waals surface area contributed by atoms with E-state index in [9.17, 15) is 9.18 Å². The molecule has 2 heterocycles. The predicted octanol–water partition coefficient (Wildman–Crippen LogP) is 2.69. The van der Waals surface area contributed by atoms with Crippen LogP contribution < -0.4 is 11.1 Å². The van der Waals surface area contributed by atoms with Crippen molar-refractivity contribution in [3.05, 3.63) is 47.9 Å². The van der Waals surface area contributed by atoms with Crippen LogP contribution in [0.4, 0.5) is 16.1 Å². The summed E-state index contributed by atoms with van der Waals surface area (Å²) in [5.74, 6) is -1.09. The minimum Gasteiger partial charge on any atom is -0.423 e. The number of rotatable bonds is 3. The average molecular weight is 311 g/mol. The highest BCUT2D eigenvalue weighted by Gasteiger charge is 2.13. The highest BCUT2D eigenvalue weighted by molar-refractivity contribution is 6.04. The average Bonchev–Trinajstić information content (AvgIpc) is 3.11. The quantitative estimate of drug-likeness (QED) is 0.539. The van der Waals surface area contributed by atoms with E-state index < -0.39 is 11.7 Å². The van der Waals surface area contributed by atoms with Crippen LogP contribution in [0.2, 0.25) is 0 Å². The third-order valence-corrected chi connectivity index (χ3v) is 3.42. The van der Waals surface area contributed by atoms with Gasteiger partial charge in [-0.05, 0) is 30.3 Å². The number of nitrogens with two attached hydrogens (primary N) is 1. The zero-order valence-electron chi connectivity index (χ0n) is 11.6. The number of nitrogens with zero attached hydrogens (tertiary/aromatic N) is 2. The van der Waals surface area contributed by atoms with Crippen LogP contribution >= 0.6 is 0 Å². The molecule has 2 aromatic carbocycles. The number of fused-ring (bicyclic) bond motifs is 2. The van der Waals surface area contributed by atoms with Crippen molar-refractivity contribution in [2.75, 3.05) is 5.32 Å². The van der Waals surface area contributed by atoms with Crippen molar-refractivity contribution in [3.63, 3.8) is 0 Å². The minimum absolute atomic E-state index is 0.146. The van der Waals surface area contributed by atoms with Gasteiger partial charge in [-0.2, -0.15) is 10.1 Å². The third-order valence-electron chi connectivity index (χ3n) is 3.42. The number of benzene rings is 2. The lowest BCUT2D eigenvalue weighted by Crippen LogP contribution is -2.11. The molecule has 0 saturated heterocycles. The fourth-order valence-corrected chi connectivity index (χ4v) is 2.37. The summed E-state index contributed by atoms with van der Waals surface area (Å²) in [4.78, 5) is 15.4. The van der Waals surface area contributed by atoms with Crippen molar-refractivity contribution in [2.45, 2.75) is 0 Å². The number of carbonyl (C=O) groups excluding carboxylic acids is 1. The first kappa shape index (κ1) is 13.3. The lowest BCUT2D eigenvalue weighted by Gasteiger charge is -2.01. The van der Waals surface area contributed by atoms with E-state index in [0.717, 1.165) is 0 Å². The molecule has 114 valence electrons. The lowest BCUT2D eigenvalue weighted by atomic mass is 10.2. The van der Waals surface area contributed by atoms with Gasteiger partial charge in [-0.25, -0.2) is 4.39 Å². The molecule has 4 N–H and O–H groups in total. The van der Waals surface area contributed by atoms with E-state index in [1.54, 1.807) is 30.3 Å². The number of nitrogens with one attached hydrogen (secondary N) is 2. The summed E-state index contributed by atoms with van der Waals surface area (Å²) in [5, 5.41) is 10.1. The predicted molar refractivity (Wildman–Crippen MR) is 81.9 cm³/mol. The van der Waals surface area contributed by atoms with Gasteiger partial charge in [-0.3, -0.25) is 9.89 Å². The fourth-order valence-electron chi connectivity index (χ4n) is 2.37. The SMILES string of the molecule is NC(=O)c1n[nH]c2ccc(Nc3nc4c(F)cccc4o3)cc12. The number of para-hydroxylation sites is 1. The van der Waals surface area contributed by atoms with Crippen molar-refractivity contribution in [2.24, 2.45) is 5.73 Å². The maximum Gasteiger partial charge on any atom is 0.300 e. The summed E-state index contributed by atoms with van der Waals surface area (Å²) >= 11 is 0. The molecule has 0 bridgehead atoms. The first-order chi connectivity index (χ1) is 11.1. The molecule has 23 heavy (non-hydrogen) atoms. The molecule has 0 fully saturated rings. The minimum atomic E-state index is -0.627. The third kappa shape index (κ3) is 2.16. The molecule has 0 radical (unpaired) electrons. The molecular weight excluding hydrogens is 301 g/mol. The van der Waals surface area contributed by atoms with Crippen molar-refractivity contribution < 1.29 is 13.6 Å². The topological polar surface area (TPSA) is 110 Å². The smallest absolute Gasteiger partial charge is 0.300 e. The van der Waals surface area contributed by atoms with E-state index in [-0.39, 0.29) is 17.2 Å². The number of carbonyl (C=O) groups is 1. The van der Waals surface area contributed by atoms with Crippen molar-refractivity contribution in [3.8, 4) is 0 Å². The van der Waals surface area contributed by atoms with E-state index >= 15 is 0 Å². The molecule has 0 atom stereocenters. The Morgan fingerprint density at radius 1 is 1.30 bits per heavy atom. The van der Waals surface area contributed by atoms with Gasteiger partial charge in [0.15, 0.2) is 17.1 Å². The van der Waals surface area contributed by atoms with E-state index in [0.29, 0.717) is 22.2 Å². The van der Waals surface area contributed by atoms with Gasteiger partial charge >= 0.3 is 0 Å². The molecule has 1 amide bonds. The van der Waals surface area contributed by atoms with E-state index in [1.807, 2.05) is 0 Å². The molecule has 0 unspecified atom stereocenters. The highest BCUT2D eigenvalue weighted by atomic mass is 19.1. The van der Waals surface area contributed by atoms with Crippen molar-refractivity contribution in [1.29, 1.82) is 0 Å². The van der Waals surface area contributed by atoms with Gasteiger partial charge in [0, 0.05) is 11.1 Å². The van der Waals surface area contributed by atoms with Crippen LogP contribution in [0.25, 0.3) is 22.0 Å². The maximum absolute atomic E-state index is 13.6. The van der Waals surface area contributed by atoms with Gasteiger partial charge in [-0.15, -0.1) is 0 Å². The van der Waals surface area contributed by atoms with Crippen LogP contribution in [0.3, 0.4) is 0 Å². The molecule has 7 nitrogen and oxygen atoms in total. The van der Waals surface area contributed by atoms with E-state index in [4.69, 9.17) is 10.2 Å². The Bertz CT molecular complexity index is 1050. The number of hydrogen-bond acceptors (Lipinski definition) is 5. The molecule has 0 aliphatic heterocycles. The maximum atomic E-state index is 13.6. The summed E-state index contributed by atoms with van der Waals surface area (Å²) in [7, 11) is 0. The fraction of sp³-hybridized carbons (Fsp3) is 0. The van der Waals surface area contributed by atoms with Gasteiger partial charge < -0.3 is 15.5 Å². The van der Waals surface area contributed by atoms with Crippen LogP contribution in [0.15, 0.2) is 40.8 Å². The second-order valence-corrected chi connectivity index (χ2v) is 4.93. The summed E-state index contributed by atoms with van der Waals surface area (Å²) in [6.07, 6.45) is 0. The van der Waals surface area contributed by atoms with Crippen molar-refractivity contribution in [1.82, 2.24) is 15.2 Å². The zero-order valence-corrected chi connectivity index (χ0v) is 11.6. The number of primary amides is 1. The van der Waals surface area contributed by atoms with Gasteiger partial charge in [-0.1, -0.05) is 6.07 Å². The summed E-state index contributed by atoms with van der Waals surface area (Å²) in [6.45, 7) is 0. The normalized spacial score (nSPS) is 11.2. The number of aromatic nitrogens is 3. The Balaban J connectivity index is 1.75. The number of aromatic amines is 1.